The molecule has 1 aromatic carbocycles. The molecule has 4 nitrogen and oxygen atoms in total. The van der Waals surface area contributed by atoms with E-state index >= 15 is 0 Å². The van der Waals surface area contributed by atoms with Crippen molar-refractivity contribution in [1.82, 2.24) is 9.62 Å². The van der Waals surface area contributed by atoms with Crippen LogP contribution in [0.3, 0.4) is 0 Å². The molecule has 2 rings (SSSR count). The van der Waals surface area contributed by atoms with Crippen molar-refractivity contribution in [1.29, 1.82) is 0 Å². The van der Waals surface area contributed by atoms with Crippen molar-refractivity contribution < 1.29 is 12.8 Å². The van der Waals surface area contributed by atoms with Gasteiger partial charge >= 0.3 is 0 Å². The zero-order valence-corrected chi connectivity index (χ0v) is 13.7. The molecule has 0 aliphatic carbocycles. The van der Waals surface area contributed by atoms with E-state index in [1.165, 1.54) is 22.7 Å². The number of nitrogens with one attached hydrogen (secondary N) is 1. The Labute approximate surface area is 127 Å². The lowest BCUT2D eigenvalue weighted by atomic mass is 10.1. The Kier molecular flexibility index (Phi) is 5.17. The Morgan fingerprint density at radius 2 is 2.05 bits per heavy atom. The molecule has 1 aromatic rings. The minimum atomic E-state index is -3.07. The zero-order chi connectivity index (χ0) is 14.8. The summed E-state index contributed by atoms with van der Waals surface area (Å²) in [6.07, 6.45) is 2.84. The van der Waals surface area contributed by atoms with Crippen LogP contribution in [0.15, 0.2) is 22.7 Å². The van der Waals surface area contributed by atoms with Gasteiger partial charge in [-0.25, -0.2) is 17.1 Å². The molecule has 1 aliphatic heterocycles. The van der Waals surface area contributed by atoms with Crippen LogP contribution in [0.2, 0.25) is 0 Å². The van der Waals surface area contributed by atoms with Gasteiger partial charge in [0.15, 0.2) is 0 Å². The first-order chi connectivity index (χ1) is 9.36. The maximum atomic E-state index is 13.0. The first-order valence-corrected chi connectivity index (χ1v) is 9.13. The van der Waals surface area contributed by atoms with E-state index in [1.807, 2.05) is 0 Å². The molecule has 112 valence electrons. The summed E-state index contributed by atoms with van der Waals surface area (Å²) in [5.74, 6) is -0.262. The Bertz CT molecular complexity index is 572. The van der Waals surface area contributed by atoms with Crippen LogP contribution in [0.4, 0.5) is 4.39 Å². The van der Waals surface area contributed by atoms with E-state index in [9.17, 15) is 12.8 Å². The van der Waals surface area contributed by atoms with Crippen LogP contribution in [0, 0.1) is 5.82 Å². The third-order valence-electron chi connectivity index (χ3n) is 3.52. The van der Waals surface area contributed by atoms with Crippen LogP contribution in [-0.2, 0) is 16.6 Å². The molecular weight excluding hydrogens is 347 g/mol. The third-order valence-corrected chi connectivity index (χ3v) is 5.56. The molecular formula is C13H18BrFN2O2S. The van der Waals surface area contributed by atoms with Crippen LogP contribution in [-0.4, -0.2) is 38.1 Å². The number of piperidine rings is 1. The van der Waals surface area contributed by atoms with Gasteiger partial charge in [0.2, 0.25) is 10.0 Å². The van der Waals surface area contributed by atoms with Crippen LogP contribution >= 0.6 is 15.9 Å². The molecule has 0 saturated carbocycles. The molecule has 0 unspecified atom stereocenters. The summed E-state index contributed by atoms with van der Waals surface area (Å²) in [7, 11) is -3.07. The summed E-state index contributed by atoms with van der Waals surface area (Å²) in [6, 6.07) is 4.93. The Morgan fingerprint density at radius 1 is 1.40 bits per heavy atom. The maximum Gasteiger partial charge on any atom is 0.211 e. The molecule has 1 heterocycles. The summed E-state index contributed by atoms with van der Waals surface area (Å²) >= 11 is 3.34. The Balaban J connectivity index is 1.84. The van der Waals surface area contributed by atoms with Gasteiger partial charge in [0, 0.05) is 30.1 Å². The lowest BCUT2D eigenvalue weighted by molar-refractivity contribution is 0.290. The molecule has 0 aromatic heterocycles. The van der Waals surface area contributed by atoms with Gasteiger partial charge in [-0.15, -0.1) is 0 Å². The molecule has 20 heavy (non-hydrogen) atoms. The minimum absolute atomic E-state index is 0.262. The first-order valence-electron chi connectivity index (χ1n) is 6.48. The van der Waals surface area contributed by atoms with E-state index in [0.29, 0.717) is 25.7 Å². The van der Waals surface area contributed by atoms with Gasteiger partial charge in [-0.1, -0.05) is 22.0 Å². The van der Waals surface area contributed by atoms with Crippen LogP contribution in [0.1, 0.15) is 18.4 Å². The van der Waals surface area contributed by atoms with Crippen molar-refractivity contribution in [2.45, 2.75) is 25.4 Å². The number of sulfonamides is 1. The minimum Gasteiger partial charge on any atom is -0.310 e. The largest absolute Gasteiger partial charge is 0.310 e. The monoisotopic (exact) mass is 364 g/mol. The molecule has 1 fully saturated rings. The van der Waals surface area contributed by atoms with Crippen LogP contribution < -0.4 is 5.32 Å². The number of benzene rings is 1. The fraction of sp³-hybridized carbons (Fsp3) is 0.538. The van der Waals surface area contributed by atoms with Crippen molar-refractivity contribution in [2.75, 3.05) is 19.3 Å². The van der Waals surface area contributed by atoms with Gasteiger partial charge in [-0.05, 0) is 30.5 Å². The molecule has 7 heteroatoms. The fourth-order valence-corrected chi connectivity index (χ4v) is 3.68. The summed E-state index contributed by atoms with van der Waals surface area (Å²) < 4.78 is 38.1. The predicted molar refractivity (Wildman–Crippen MR) is 80.4 cm³/mol. The molecule has 1 saturated heterocycles. The van der Waals surface area contributed by atoms with Crippen molar-refractivity contribution in [2.24, 2.45) is 0 Å². The second-order valence-corrected chi connectivity index (χ2v) is 7.89. The zero-order valence-electron chi connectivity index (χ0n) is 11.3. The van der Waals surface area contributed by atoms with Gasteiger partial charge < -0.3 is 5.32 Å². The lowest BCUT2D eigenvalue weighted by Gasteiger charge is -2.30. The molecule has 1 N–H and O–H groups in total. The molecule has 1 aliphatic rings. The molecule has 0 atom stereocenters. The highest BCUT2D eigenvalue weighted by atomic mass is 79.9. The Hall–Kier alpha value is -0.500. The highest BCUT2D eigenvalue weighted by Gasteiger charge is 2.24. The number of nitrogens with zero attached hydrogens (tertiary/aromatic N) is 1. The first kappa shape index (κ1) is 15.9. The standard InChI is InChI=1S/C13H18BrFN2O2S/c1-20(18,19)17-6-4-12(5-7-17)16-9-10-2-3-11(15)8-13(10)14/h2-3,8,12,16H,4-7,9H2,1H3. The van der Waals surface area contributed by atoms with Crippen molar-refractivity contribution in [3.8, 4) is 0 Å². The van der Waals surface area contributed by atoms with E-state index in [0.717, 1.165) is 22.9 Å². The Morgan fingerprint density at radius 3 is 2.60 bits per heavy atom. The average Bonchev–Trinajstić information content (AvgIpc) is 2.37. The lowest BCUT2D eigenvalue weighted by Crippen LogP contribution is -2.44. The van der Waals surface area contributed by atoms with E-state index in [-0.39, 0.29) is 5.82 Å². The SMILES string of the molecule is CS(=O)(=O)N1CCC(NCc2ccc(F)cc2Br)CC1. The maximum absolute atomic E-state index is 13.0. The quantitative estimate of drug-likeness (QED) is 0.889. The third kappa shape index (κ3) is 4.25. The van der Waals surface area contributed by atoms with E-state index < -0.39 is 10.0 Å². The predicted octanol–water partition coefficient (Wildman–Crippen LogP) is 2.10. The number of hydrogen-bond acceptors (Lipinski definition) is 3. The second-order valence-electron chi connectivity index (χ2n) is 5.05. The topological polar surface area (TPSA) is 49.4 Å². The van der Waals surface area contributed by atoms with Gasteiger partial charge in [0.1, 0.15) is 5.82 Å². The van der Waals surface area contributed by atoms with Crippen molar-refractivity contribution in [3.63, 3.8) is 0 Å². The molecule has 0 amide bonds. The van der Waals surface area contributed by atoms with E-state index in [1.54, 1.807) is 6.07 Å². The van der Waals surface area contributed by atoms with E-state index in [2.05, 4.69) is 21.2 Å². The van der Waals surface area contributed by atoms with Gasteiger partial charge in [0.05, 0.1) is 6.26 Å². The smallest absolute Gasteiger partial charge is 0.211 e. The summed E-state index contributed by atoms with van der Waals surface area (Å²) in [5, 5.41) is 3.40. The number of rotatable bonds is 4. The molecule has 0 radical (unpaired) electrons. The van der Waals surface area contributed by atoms with Crippen LogP contribution in [0.25, 0.3) is 0 Å². The number of halogens is 2. The summed E-state index contributed by atoms with van der Waals surface area (Å²) in [6.45, 7) is 1.76. The van der Waals surface area contributed by atoms with Crippen molar-refractivity contribution in [3.05, 3.63) is 34.1 Å². The number of hydrogen-bond donors (Lipinski definition) is 1. The molecule has 0 bridgehead atoms. The highest BCUT2D eigenvalue weighted by molar-refractivity contribution is 9.10. The normalized spacial score (nSPS) is 18.4. The average molecular weight is 365 g/mol. The van der Waals surface area contributed by atoms with E-state index in [4.69, 9.17) is 0 Å². The fourth-order valence-electron chi connectivity index (χ4n) is 2.31. The van der Waals surface area contributed by atoms with Crippen molar-refractivity contribution >= 4 is 26.0 Å². The van der Waals surface area contributed by atoms with Gasteiger partial charge in [-0.2, -0.15) is 0 Å². The highest BCUT2D eigenvalue weighted by Crippen LogP contribution is 2.19. The van der Waals surface area contributed by atoms with Gasteiger partial charge in [-0.3, -0.25) is 0 Å². The second kappa shape index (κ2) is 6.51. The molecule has 0 spiro atoms. The van der Waals surface area contributed by atoms with Gasteiger partial charge in [0.25, 0.3) is 0 Å². The summed E-state index contributed by atoms with van der Waals surface area (Å²) in [4.78, 5) is 0. The van der Waals surface area contributed by atoms with Crippen LogP contribution in [0.5, 0.6) is 0 Å². The summed E-state index contributed by atoms with van der Waals surface area (Å²) in [5.41, 5.74) is 0.997.